The van der Waals surface area contributed by atoms with Gasteiger partial charge in [-0.25, -0.2) is 0 Å². The highest BCUT2D eigenvalue weighted by atomic mass is 16.8. The van der Waals surface area contributed by atoms with E-state index in [1.165, 1.54) is 6.92 Å². The molecule has 0 radical (unpaired) electrons. The average Bonchev–Trinajstić information content (AvgIpc) is 2.26. The Labute approximate surface area is 69.5 Å². The second kappa shape index (κ2) is 3.44. The van der Waals surface area contributed by atoms with Gasteiger partial charge in [-0.2, -0.15) is 0 Å². The summed E-state index contributed by atoms with van der Waals surface area (Å²) in [5.41, 5.74) is 0. The predicted octanol–water partition coefficient (Wildman–Crippen LogP) is 0.104. The van der Waals surface area contributed by atoms with Crippen LogP contribution in [0, 0.1) is 0 Å². The molecule has 5 heteroatoms. The summed E-state index contributed by atoms with van der Waals surface area (Å²) in [7, 11) is 0. The Balaban J connectivity index is 2.42. The van der Waals surface area contributed by atoms with Gasteiger partial charge in [0, 0.05) is 6.92 Å². The lowest BCUT2D eigenvalue weighted by molar-refractivity contribution is -0.195. The lowest BCUT2D eigenvalue weighted by Crippen LogP contribution is -2.09. The lowest BCUT2D eigenvalue weighted by atomic mass is 10.4. The Bertz CT molecular complexity index is 220. The Morgan fingerprint density at radius 2 is 2.33 bits per heavy atom. The Morgan fingerprint density at radius 3 is 2.75 bits per heavy atom. The van der Waals surface area contributed by atoms with E-state index in [0.717, 1.165) is 0 Å². The minimum absolute atomic E-state index is 0.00176. The van der Waals surface area contributed by atoms with Crippen LogP contribution in [0.15, 0.2) is 11.5 Å². The van der Waals surface area contributed by atoms with Gasteiger partial charge in [-0.1, -0.05) is 0 Å². The van der Waals surface area contributed by atoms with Crippen molar-refractivity contribution in [2.24, 2.45) is 0 Å². The topological polar surface area (TPSA) is 65.0 Å². The summed E-state index contributed by atoms with van der Waals surface area (Å²) < 4.78 is 14.1. The molecule has 1 rings (SSSR count). The van der Waals surface area contributed by atoms with Crippen LogP contribution in [0.4, 0.5) is 0 Å². The van der Waals surface area contributed by atoms with Crippen molar-refractivity contribution in [3.8, 4) is 0 Å². The van der Waals surface area contributed by atoms with Crippen LogP contribution in [0.5, 0.6) is 0 Å². The summed E-state index contributed by atoms with van der Waals surface area (Å²) in [6.07, 6.45) is 0. The van der Waals surface area contributed by atoms with Crippen LogP contribution in [0.25, 0.3) is 0 Å². The molecule has 0 aromatic carbocycles. The number of esters is 1. The second-order valence-electron chi connectivity index (χ2n) is 2.30. The molecule has 0 saturated heterocycles. The van der Waals surface area contributed by atoms with E-state index in [1.807, 2.05) is 0 Å². The van der Waals surface area contributed by atoms with Crippen molar-refractivity contribution in [2.45, 2.75) is 20.3 Å². The summed E-state index contributed by atoms with van der Waals surface area (Å²) in [6.45, 7) is 1.64. The first-order valence-electron chi connectivity index (χ1n) is 3.44. The molecule has 0 spiro atoms. The molecule has 12 heavy (non-hydrogen) atoms. The van der Waals surface area contributed by atoms with Crippen LogP contribution in [0.1, 0.15) is 13.8 Å². The normalized spacial score (nSPS) is 21.8. The van der Waals surface area contributed by atoms with Crippen LogP contribution in [-0.2, 0) is 19.0 Å². The number of aliphatic hydroxyl groups is 1. The Morgan fingerprint density at radius 1 is 1.67 bits per heavy atom. The van der Waals surface area contributed by atoms with Crippen molar-refractivity contribution in [3.05, 3.63) is 11.5 Å². The molecule has 0 aromatic rings. The fraction of sp³-hybridized carbons (Fsp3) is 0.571. The summed E-state index contributed by atoms with van der Waals surface area (Å²) >= 11 is 0. The number of allylic oxidation sites excluding steroid dienone is 1. The summed E-state index contributed by atoms with van der Waals surface area (Å²) in [5, 5.41) is 8.81. The van der Waals surface area contributed by atoms with Crippen molar-refractivity contribution in [2.75, 3.05) is 6.61 Å². The van der Waals surface area contributed by atoms with Crippen molar-refractivity contribution in [1.29, 1.82) is 0 Å². The van der Waals surface area contributed by atoms with E-state index < -0.39 is 12.4 Å². The summed E-state index contributed by atoms with van der Waals surface area (Å²) in [5.74, 6) is 0.377. The van der Waals surface area contributed by atoms with Crippen molar-refractivity contribution in [3.63, 3.8) is 0 Å². The largest absolute Gasteiger partial charge is 0.458 e. The van der Waals surface area contributed by atoms with E-state index in [-0.39, 0.29) is 6.61 Å². The molecule has 1 atom stereocenters. The van der Waals surface area contributed by atoms with Crippen LogP contribution in [0.2, 0.25) is 0 Å². The molecule has 0 aliphatic carbocycles. The molecule has 0 saturated carbocycles. The Hall–Kier alpha value is -1.23. The lowest BCUT2D eigenvalue weighted by Gasteiger charge is -2.03. The van der Waals surface area contributed by atoms with Gasteiger partial charge < -0.3 is 19.3 Å². The maximum atomic E-state index is 10.4. The van der Waals surface area contributed by atoms with Gasteiger partial charge in [-0.05, 0) is 6.92 Å². The second-order valence-corrected chi connectivity index (χ2v) is 2.30. The zero-order valence-corrected chi connectivity index (χ0v) is 6.86. The number of aliphatic hydroxyl groups excluding tert-OH is 1. The third kappa shape index (κ3) is 2.13. The molecule has 1 unspecified atom stereocenters. The summed E-state index contributed by atoms with van der Waals surface area (Å²) in [4.78, 5) is 10.4. The third-order valence-corrected chi connectivity index (χ3v) is 1.32. The quantitative estimate of drug-likeness (QED) is 0.601. The van der Waals surface area contributed by atoms with Crippen LogP contribution < -0.4 is 0 Å². The fourth-order valence-electron chi connectivity index (χ4n) is 0.749. The minimum atomic E-state index is -1.27. The van der Waals surface area contributed by atoms with Crippen LogP contribution in [-0.4, -0.2) is 24.2 Å². The van der Waals surface area contributed by atoms with Gasteiger partial charge in [0.25, 0.3) is 0 Å². The molecule has 68 valence electrons. The number of ether oxygens (including phenoxy) is 3. The van der Waals surface area contributed by atoms with E-state index >= 15 is 0 Å². The van der Waals surface area contributed by atoms with Gasteiger partial charge in [0.1, 0.15) is 5.76 Å². The maximum Gasteiger partial charge on any atom is 0.358 e. The van der Waals surface area contributed by atoms with Gasteiger partial charge in [-0.3, -0.25) is 4.79 Å². The van der Waals surface area contributed by atoms with Gasteiger partial charge in [-0.15, -0.1) is 0 Å². The minimum Gasteiger partial charge on any atom is -0.458 e. The first-order valence-corrected chi connectivity index (χ1v) is 3.44. The highest BCUT2D eigenvalue weighted by Gasteiger charge is 2.22. The molecular formula is C7H10O5. The molecule has 1 N–H and O–H groups in total. The molecule has 5 nitrogen and oxygen atoms in total. The molecule has 0 bridgehead atoms. The smallest absolute Gasteiger partial charge is 0.358 e. The fourth-order valence-corrected chi connectivity index (χ4v) is 0.749. The van der Waals surface area contributed by atoms with E-state index in [9.17, 15) is 4.79 Å². The summed E-state index contributed by atoms with van der Waals surface area (Å²) in [6, 6.07) is 0. The molecule has 0 amide bonds. The molecule has 0 fully saturated rings. The monoisotopic (exact) mass is 174 g/mol. The number of carbonyl (C=O) groups is 1. The van der Waals surface area contributed by atoms with Crippen molar-refractivity contribution >= 4 is 5.97 Å². The molecule has 1 aliphatic heterocycles. The van der Waals surface area contributed by atoms with Crippen LogP contribution in [0.3, 0.4) is 0 Å². The van der Waals surface area contributed by atoms with Gasteiger partial charge in [0.2, 0.25) is 0 Å². The van der Waals surface area contributed by atoms with Gasteiger partial charge >= 0.3 is 12.4 Å². The number of hydrogen-bond donors (Lipinski definition) is 1. The van der Waals surface area contributed by atoms with Gasteiger partial charge in [0.05, 0.1) is 0 Å². The number of carbonyl (C=O) groups excluding carboxylic acids is 1. The maximum absolute atomic E-state index is 10.4. The highest BCUT2D eigenvalue weighted by molar-refractivity contribution is 5.66. The van der Waals surface area contributed by atoms with Crippen LogP contribution >= 0.6 is 0 Å². The van der Waals surface area contributed by atoms with E-state index in [1.54, 1.807) is 6.92 Å². The van der Waals surface area contributed by atoms with Crippen molar-refractivity contribution < 1.29 is 24.1 Å². The first-order chi connectivity index (χ1) is 5.59. The standard InChI is InChI=1S/C7H10O5/c1-4-6(3-10-5(2)8)12-7(9)11-4/h7,9H,3H2,1-2H3. The van der Waals surface area contributed by atoms with E-state index in [0.29, 0.717) is 11.5 Å². The SMILES string of the molecule is CC(=O)OCC1=C(C)OC(O)O1. The molecule has 0 aromatic heterocycles. The number of hydrogen-bond acceptors (Lipinski definition) is 5. The van der Waals surface area contributed by atoms with E-state index in [4.69, 9.17) is 14.6 Å². The zero-order valence-electron chi connectivity index (χ0n) is 6.86. The molecular weight excluding hydrogens is 164 g/mol. The van der Waals surface area contributed by atoms with E-state index in [2.05, 4.69) is 4.74 Å². The third-order valence-electron chi connectivity index (χ3n) is 1.32. The molecule has 1 aliphatic rings. The average molecular weight is 174 g/mol. The van der Waals surface area contributed by atoms with Gasteiger partial charge in [0.15, 0.2) is 12.4 Å². The zero-order chi connectivity index (χ0) is 9.14. The predicted molar refractivity (Wildman–Crippen MR) is 37.5 cm³/mol. The highest BCUT2D eigenvalue weighted by Crippen LogP contribution is 2.19. The van der Waals surface area contributed by atoms with Crippen molar-refractivity contribution in [1.82, 2.24) is 0 Å². The first kappa shape index (κ1) is 8.86. The molecule has 1 heterocycles. The number of rotatable bonds is 2. The Kier molecular flexibility index (Phi) is 2.54.